The highest BCUT2D eigenvalue weighted by Crippen LogP contribution is 2.34. The Morgan fingerprint density at radius 2 is 1.83 bits per heavy atom. The number of hydrogen-bond donors (Lipinski definition) is 1. The van der Waals surface area contributed by atoms with Gasteiger partial charge in [0.2, 0.25) is 15.0 Å². The molecule has 0 radical (unpaired) electrons. The first-order chi connectivity index (χ1) is 13.8. The Morgan fingerprint density at radius 3 is 2.52 bits per heavy atom. The Balaban J connectivity index is 2.07. The molecular formula is C20H19N5O3S. The lowest BCUT2D eigenvalue weighted by atomic mass is 10.1. The number of benzene rings is 2. The number of nitrogens with two attached hydrogens (primary N) is 1. The number of rotatable bonds is 4. The standard InChI is InChI=1S/C20H19N5O3S/c1-12-6-4-8-14(10-12)25-18(21)16-17(13-7-5-9-15(11-13)28-2)22-20(29(3,26)27)23-19(16)24-25/h4-11H,21H2,1-3H3. The highest BCUT2D eigenvalue weighted by Gasteiger charge is 2.22. The largest absolute Gasteiger partial charge is 0.497 e. The zero-order valence-corrected chi connectivity index (χ0v) is 16.9. The Hall–Kier alpha value is -3.46. The third-order valence-corrected chi connectivity index (χ3v) is 5.32. The van der Waals surface area contributed by atoms with E-state index in [9.17, 15) is 8.42 Å². The monoisotopic (exact) mass is 409 g/mol. The third kappa shape index (κ3) is 3.40. The van der Waals surface area contributed by atoms with E-state index in [2.05, 4.69) is 15.1 Å². The Morgan fingerprint density at radius 1 is 1.07 bits per heavy atom. The molecule has 29 heavy (non-hydrogen) atoms. The van der Waals surface area contributed by atoms with Gasteiger partial charge in [0.05, 0.1) is 23.9 Å². The van der Waals surface area contributed by atoms with E-state index in [4.69, 9.17) is 10.5 Å². The van der Waals surface area contributed by atoms with Crippen LogP contribution in [0.3, 0.4) is 0 Å². The molecule has 0 bridgehead atoms. The second-order valence-electron chi connectivity index (χ2n) is 6.69. The van der Waals surface area contributed by atoms with Crippen molar-refractivity contribution in [2.24, 2.45) is 0 Å². The topological polar surface area (TPSA) is 113 Å². The van der Waals surface area contributed by atoms with E-state index in [-0.39, 0.29) is 10.8 Å². The molecule has 0 unspecified atom stereocenters. The normalized spacial score (nSPS) is 11.7. The van der Waals surface area contributed by atoms with Crippen molar-refractivity contribution in [3.63, 3.8) is 0 Å². The molecule has 0 saturated heterocycles. The summed E-state index contributed by atoms with van der Waals surface area (Å²) in [4.78, 5) is 8.48. The van der Waals surface area contributed by atoms with Gasteiger partial charge in [0.1, 0.15) is 11.6 Å². The number of nitrogen functional groups attached to an aromatic ring is 1. The Labute approximate surface area is 167 Å². The van der Waals surface area contributed by atoms with Gasteiger partial charge < -0.3 is 10.5 Å². The van der Waals surface area contributed by atoms with E-state index >= 15 is 0 Å². The summed E-state index contributed by atoms with van der Waals surface area (Å²) in [6.07, 6.45) is 1.06. The molecule has 0 fully saturated rings. The van der Waals surface area contributed by atoms with E-state index in [1.54, 1.807) is 36.1 Å². The van der Waals surface area contributed by atoms with E-state index in [0.717, 1.165) is 17.5 Å². The number of sulfone groups is 1. The van der Waals surface area contributed by atoms with Gasteiger partial charge in [-0.05, 0) is 36.8 Å². The molecule has 8 nitrogen and oxygen atoms in total. The van der Waals surface area contributed by atoms with Crippen LogP contribution in [0.4, 0.5) is 5.82 Å². The minimum atomic E-state index is -3.66. The van der Waals surface area contributed by atoms with Crippen LogP contribution >= 0.6 is 0 Å². The second kappa shape index (κ2) is 6.85. The number of ether oxygens (including phenoxy) is 1. The molecule has 2 aromatic carbocycles. The molecule has 2 heterocycles. The fourth-order valence-electron chi connectivity index (χ4n) is 3.09. The summed E-state index contributed by atoms with van der Waals surface area (Å²) in [5, 5.41) is 4.64. The second-order valence-corrected chi connectivity index (χ2v) is 8.60. The van der Waals surface area contributed by atoms with Crippen LogP contribution in [-0.2, 0) is 9.84 Å². The van der Waals surface area contributed by atoms with Gasteiger partial charge in [-0.2, -0.15) is 4.98 Å². The van der Waals surface area contributed by atoms with Crippen molar-refractivity contribution in [1.29, 1.82) is 0 Å². The number of anilines is 1. The van der Waals surface area contributed by atoms with E-state index < -0.39 is 9.84 Å². The highest BCUT2D eigenvalue weighted by atomic mass is 32.2. The van der Waals surface area contributed by atoms with Gasteiger partial charge in [0, 0.05) is 11.8 Å². The predicted molar refractivity (Wildman–Crippen MR) is 111 cm³/mol. The van der Waals surface area contributed by atoms with Crippen LogP contribution in [-0.4, -0.2) is 41.5 Å². The lowest BCUT2D eigenvalue weighted by Gasteiger charge is -2.08. The molecule has 0 amide bonds. The fourth-order valence-corrected chi connectivity index (χ4v) is 3.60. The smallest absolute Gasteiger partial charge is 0.249 e. The average molecular weight is 409 g/mol. The molecule has 0 aliphatic rings. The molecule has 0 saturated carbocycles. The summed E-state index contributed by atoms with van der Waals surface area (Å²) in [5.74, 6) is 0.934. The quantitative estimate of drug-likeness (QED) is 0.516. The maximum Gasteiger partial charge on any atom is 0.249 e. The van der Waals surface area contributed by atoms with Crippen LogP contribution in [0, 0.1) is 6.92 Å². The summed E-state index contributed by atoms with van der Waals surface area (Å²) < 4.78 is 31.2. The van der Waals surface area contributed by atoms with Gasteiger partial charge in [0.25, 0.3) is 0 Å². The molecule has 148 valence electrons. The molecule has 2 N–H and O–H groups in total. The molecular weight excluding hydrogens is 390 g/mol. The van der Waals surface area contributed by atoms with Crippen molar-refractivity contribution in [2.75, 3.05) is 19.1 Å². The number of methoxy groups -OCH3 is 1. The van der Waals surface area contributed by atoms with Crippen LogP contribution < -0.4 is 10.5 Å². The van der Waals surface area contributed by atoms with Gasteiger partial charge in [-0.25, -0.2) is 18.1 Å². The summed E-state index contributed by atoms with van der Waals surface area (Å²) in [7, 11) is -2.10. The van der Waals surface area contributed by atoms with Gasteiger partial charge in [-0.15, -0.1) is 5.10 Å². The van der Waals surface area contributed by atoms with Gasteiger partial charge in [-0.1, -0.05) is 24.3 Å². The minimum absolute atomic E-state index is 0.206. The number of aromatic nitrogens is 4. The lowest BCUT2D eigenvalue weighted by Crippen LogP contribution is -2.06. The molecule has 4 rings (SSSR count). The lowest BCUT2D eigenvalue weighted by molar-refractivity contribution is 0.415. The van der Waals surface area contributed by atoms with Crippen LogP contribution in [0.1, 0.15) is 5.56 Å². The number of nitrogens with zero attached hydrogens (tertiary/aromatic N) is 4. The van der Waals surface area contributed by atoms with Gasteiger partial charge in [-0.3, -0.25) is 0 Å². The fraction of sp³-hybridized carbons (Fsp3) is 0.150. The predicted octanol–water partition coefficient (Wildman–Crippen LogP) is 2.79. The zero-order valence-electron chi connectivity index (χ0n) is 16.1. The van der Waals surface area contributed by atoms with Crippen molar-refractivity contribution < 1.29 is 13.2 Å². The average Bonchev–Trinajstić information content (AvgIpc) is 3.03. The molecule has 4 aromatic rings. The summed E-state index contributed by atoms with van der Waals surface area (Å²) in [6.45, 7) is 1.96. The van der Waals surface area contributed by atoms with Gasteiger partial charge >= 0.3 is 0 Å². The maximum atomic E-state index is 12.2. The number of hydrogen-bond acceptors (Lipinski definition) is 7. The Bertz CT molecular complexity index is 1350. The van der Waals surface area contributed by atoms with Crippen LogP contribution in [0.15, 0.2) is 53.7 Å². The number of fused-ring (bicyclic) bond motifs is 1. The first kappa shape index (κ1) is 18.9. The highest BCUT2D eigenvalue weighted by molar-refractivity contribution is 7.90. The maximum absolute atomic E-state index is 12.2. The van der Waals surface area contributed by atoms with Crippen molar-refractivity contribution in [1.82, 2.24) is 19.7 Å². The van der Waals surface area contributed by atoms with E-state index in [1.165, 1.54) is 0 Å². The Kier molecular flexibility index (Phi) is 4.46. The van der Waals surface area contributed by atoms with E-state index in [0.29, 0.717) is 28.2 Å². The van der Waals surface area contributed by atoms with Crippen molar-refractivity contribution in [2.45, 2.75) is 12.1 Å². The first-order valence-corrected chi connectivity index (χ1v) is 10.6. The van der Waals surface area contributed by atoms with Crippen molar-refractivity contribution in [3.05, 3.63) is 54.1 Å². The third-order valence-electron chi connectivity index (χ3n) is 4.47. The summed E-state index contributed by atoms with van der Waals surface area (Å²) >= 11 is 0. The zero-order chi connectivity index (χ0) is 20.8. The van der Waals surface area contributed by atoms with Crippen molar-refractivity contribution in [3.8, 4) is 22.7 Å². The first-order valence-electron chi connectivity index (χ1n) is 8.75. The molecule has 9 heteroatoms. The molecule has 0 atom stereocenters. The van der Waals surface area contributed by atoms with Crippen molar-refractivity contribution >= 4 is 26.7 Å². The molecule has 0 aliphatic heterocycles. The van der Waals surface area contributed by atoms with Gasteiger partial charge in [0.15, 0.2) is 5.65 Å². The van der Waals surface area contributed by atoms with Crippen LogP contribution in [0.2, 0.25) is 0 Å². The SMILES string of the molecule is COc1cccc(-c2nc(S(C)(=O)=O)nc3nn(-c4cccc(C)c4)c(N)c23)c1. The molecule has 0 aliphatic carbocycles. The van der Waals surface area contributed by atoms with Crippen LogP contribution in [0.25, 0.3) is 28.0 Å². The minimum Gasteiger partial charge on any atom is -0.497 e. The molecule has 0 spiro atoms. The number of aryl methyl sites for hydroxylation is 1. The summed E-state index contributed by atoms with van der Waals surface area (Å²) in [6, 6.07) is 14.8. The van der Waals surface area contributed by atoms with Crippen LogP contribution in [0.5, 0.6) is 5.75 Å². The van der Waals surface area contributed by atoms with E-state index in [1.807, 2.05) is 31.2 Å². The summed E-state index contributed by atoms with van der Waals surface area (Å²) in [5.41, 5.74) is 9.45. The molecule has 2 aromatic heterocycles.